The Morgan fingerprint density at radius 2 is 1.62 bits per heavy atom. The largest absolute Gasteiger partial charge is 0.244 e. The highest BCUT2D eigenvalue weighted by Gasteiger charge is 2.23. The topological polar surface area (TPSA) is 106 Å². The summed E-state index contributed by atoms with van der Waals surface area (Å²) < 4.78 is 75.3. The number of hydrogen-bond donors (Lipinski definition) is 2. The maximum Gasteiger partial charge on any atom is 0.244 e. The van der Waals surface area contributed by atoms with Gasteiger partial charge < -0.3 is 0 Å². The van der Waals surface area contributed by atoms with Crippen molar-refractivity contribution in [2.75, 3.05) is 0 Å². The zero-order chi connectivity index (χ0) is 18.1. The van der Waals surface area contributed by atoms with Crippen molar-refractivity contribution in [3.05, 3.63) is 58.1 Å². The van der Waals surface area contributed by atoms with Crippen LogP contribution in [0.3, 0.4) is 0 Å². The van der Waals surface area contributed by atoms with E-state index in [9.17, 15) is 25.6 Å². The summed E-state index contributed by atoms with van der Waals surface area (Å²) in [4.78, 5) is -0.841. The standard InChI is InChI=1S/C13H11BrF2N2O4S2/c14-11-5-9(15)6-12(16)13(11)24(21,22)18-7-8-1-3-10(4-2-8)23(17,19)20/h1-6,18H,7H2,(H2,17,19,20). The third-order valence-corrected chi connectivity index (χ3v) is 6.24. The van der Waals surface area contributed by atoms with Crippen molar-refractivity contribution in [1.29, 1.82) is 0 Å². The molecule has 0 aromatic heterocycles. The zero-order valence-electron chi connectivity index (χ0n) is 11.8. The molecule has 0 bridgehead atoms. The van der Waals surface area contributed by atoms with E-state index >= 15 is 0 Å². The normalized spacial score (nSPS) is 12.3. The lowest BCUT2D eigenvalue weighted by atomic mass is 10.2. The summed E-state index contributed by atoms with van der Waals surface area (Å²) in [5.41, 5.74) is 0.421. The SMILES string of the molecule is NS(=O)(=O)c1ccc(CNS(=O)(=O)c2c(F)cc(F)cc2Br)cc1. The molecule has 0 unspecified atom stereocenters. The molecule has 0 saturated heterocycles. The van der Waals surface area contributed by atoms with Crippen molar-refractivity contribution < 1.29 is 25.6 Å². The number of sulfonamides is 2. The lowest BCUT2D eigenvalue weighted by molar-refractivity contribution is 0.540. The summed E-state index contributed by atoms with van der Waals surface area (Å²) in [6.07, 6.45) is 0. The van der Waals surface area contributed by atoms with E-state index in [1.807, 2.05) is 0 Å². The fourth-order valence-electron chi connectivity index (χ4n) is 1.83. The van der Waals surface area contributed by atoms with Gasteiger partial charge in [0.2, 0.25) is 20.0 Å². The van der Waals surface area contributed by atoms with E-state index in [1.165, 1.54) is 24.3 Å². The van der Waals surface area contributed by atoms with Crippen LogP contribution < -0.4 is 9.86 Å². The zero-order valence-corrected chi connectivity index (χ0v) is 15.1. The average Bonchev–Trinajstić information content (AvgIpc) is 2.43. The quantitative estimate of drug-likeness (QED) is 0.739. The minimum Gasteiger partial charge on any atom is -0.225 e. The number of rotatable bonds is 5. The summed E-state index contributed by atoms with van der Waals surface area (Å²) in [5, 5.41) is 4.95. The number of benzene rings is 2. The summed E-state index contributed by atoms with van der Waals surface area (Å²) in [5.74, 6) is -2.16. The Bertz CT molecular complexity index is 955. The Hall–Kier alpha value is -1.40. The maximum absolute atomic E-state index is 13.7. The Morgan fingerprint density at radius 3 is 2.12 bits per heavy atom. The number of hydrogen-bond acceptors (Lipinski definition) is 4. The van der Waals surface area contributed by atoms with Crippen molar-refractivity contribution >= 4 is 36.0 Å². The molecule has 24 heavy (non-hydrogen) atoms. The molecule has 0 heterocycles. The maximum atomic E-state index is 13.7. The van der Waals surface area contributed by atoms with Crippen LogP contribution in [0, 0.1) is 11.6 Å². The third-order valence-electron chi connectivity index (χ3n) is 2.95. The molecule has 0 amide bonds. The van der Waals surface area contributed by atoms with E-state index in [2.05, 4.69) is 20.7 Å². The monoisotopic (exact) mass is 440 g/mol. The summed E-state index contributed by atoms with van der Waals surface area (Å²) in [7, 11) is -8.11. The Balaban J connectivity index is 2.22. The summed E-state index contributed by atoms with van der Waals surface area (Å²) >= 11 is 2.81. The van der Waals surface area contributed by atoms with E-state index in [1.54, 1.807) is 0 Å². The fourth-order valence-corrected chi connectivity index (χ4v) is 4.53. The molecule has 11 heteroatoms. The first-order valence-corrected chi connectivity index (χ1v) is 10.1. The Kier molecular flexibility index (Phi) is 5.40. The van der Waals surface area contributed by atoms with E-state index < -0.39 is 36.6 Å². The van der Waals surface area contributed by atoms with Crippen LogP contribution in [0.25, 0.3) is 0 Å². The fraction of sp³-hybridized carbons (Fsp3) is 0.0769. The predicted molar refractivity (Wildman–Crippen MR) is 85.9 cm³/mol. The molecule has 2 aromatic rings. The first kappa shape index (κ1) is 18.9. The molecular formula is C13H11BrF2N2O4S2. The highest BCUT2D eigenvalue weighted by molar-refractivity contribution is 9.10. The Morgan fingerprint density at radius 1 is 1.04 bits per heavy atom. The van der Waals surface area contributed by atoms with E-state index in [0.717, 1.165) is 6.07 Å². The van der Waals surface area contributed by atoms with Gasteiger partial charge in [0, 0.05) is 17.1 Å². The predicted octanol–water partition coefficient (Wildman–Crippen LogP) is 1.85. The van der Waals surface area contributed by atoms with Gasteiger partial charge in [0.1, 0.15) is 16.5 Å². The lowest BCUT2D eigenvalue weighted by Crippen LogP contribution is -2.24. The average molecular weight is 441 g/mol. The van der Waals surface area contributed by atoms with Crippen LogP contribution in [0.15, 0.2) is 50.7 Å². The molecule has 0 aliphatic carbocycles. The number of primary sulfonamides is 1. The van der Waals surface area contributed by atoms with Gasteiger partial charge in [-0.15, -0.1) is 0 Å². The van der Waals surface area contributed by atoms with Gasteiger partial charge in [-0.2, -0.15) is 0 Å². The van der Waals surface area contributed by atoms with Gasteiger partial charge in [-0.1, -0.05) is 12.1 Å². The molecule has 0 spiro atoms. The number of nitrogens with one attached hydrogen (secondary N) is 1. The second-order valence-corrected chi connectivity index (χ2v) is 8.83. The Labute approximate surface area is 145 Å². The molecule has 0 saturated carbocycles. The minimum absolute atomic E-state index is 0.124. The highest BCUT2D eigenvalue weighted by Crippen LogP contribution is 2.26. The van der Waals surface area contributed by atoms with Crippen molar-refractivity contribution in [3.8, 4) is 0 Å². The van der Waals surface area contributed by atoms with Crippen LogP contribution in [0.1, 0.15) is 5.56 Å². The molecule has 0 aliphatic rings. The molecule has 130 valence electrons. The first-order chi connectivity index (χ1) is 11.0. The van der Waals surface area contributed by atoms with Crippen LogP contribution in [0.4, 0.5) is 8.78 Å². The molecule has 0 fully saturated rings. The van der Waals surface area contributed by atoms with Crippen LogP contribution >= 0.6 is 15.9 Å². The van der Waals surface area contributed by atoms with Gasteiger partial charge in [-0.05, 0) is 39.7 Å². The van der Waals surface area contributed by atoms with Crippen LogP contribution in [-0.4, -0.2) is 16.8 Å². The molecule has 2 rings (SSSR count). The molecule has 3 N–H and O–H groups in total. The van der Waals surface area contributed by atoms with Crippen LogP contribution in [-0.2, 0) is 26.6 Å². The van der Waals surface area contributed by atoms with Crippen LogP contribution in [0.2, 0.25) is 0 Å². The second kappa shape index (κ2) is 6.84. The lowest BCUT2D eigenvalue weighted by Gasteiger charge is -2.10. The van der Waals surface area contributed by atoms with Gasteiger partial charge in [0.15, 0.2) is 0 Å². The number of halogens is 3. The summed E-state index contributed by atoms with van der Waals surface area (Å²) in [6, 6.07) is 6.44. The van der Waals surface area contributed by atoms with Crippen molar-refractivity contribution in [2.24, 2.45) is 5.14 Å². The molecule has 6 nitrogen and oxygen atoms in total. The van der Waals surface area contributed by atoms with Gasteiger partial charge in [-0.25, -0.2) is 35.5 Å². The molecule has 0 aliphatic heterocycles. The molecular weight excluding hydrogens is 430 g/mol. The highest BCUT2D eigenvalue weighted by atomic mass is 79.9. The number of nitrogens with two attached hydrogens (primary N) is 1. The second-order valence-electron chi connectivity index (χ2n) is 4.71. The van der Waals surface area contributed by atoms with E-state index in [-0.39, 0.29) is 15.9 Å². The van der Waals surface area contributed by atoms with Gasteiger partial charge >= 0.3 is 0 Å². The van der Waals surface area contributed by atoms with Crippen molar-refractivity contribution in [3.63, 3.8) is 0 Å². The first-order valence-electron chi connectivity index (χ1n) is 6.26. The van der Waals surface area contributed by atoms with Crippen LogP contribution in [0.5, 0.6) is 0 Å². The molecule has 0 atom stereocenters. The smallest absolute Gasteiger partial charge is 0.225 e. The molecule has 0 radical (unpaired) electrons. The van der Waals surface area contributed by atoms with Crippen molar-refractivity contribution in [1.82, 2.24) is 4.72 Å². The summed E-state index contributed by atoms with van der Waals surface area (Å²) in [6.45, 7) is -0.226. The van der Waals surface area contributed by atoms with Gasteiger partial charge in [0.05, 0.1) is 4.90 Å². The third kappa shape index (κ3) is 4.36. The molecule has 2 aromatic carbocycles. The van der Waals surface area contributed by atoms with Gasteiger partial charge in [-0.3, -0.25) is 0 Å². The minimum atomic E-state index is -4.26. The van der Waals surface area contributed by atoms with E-state index in [0.29, 0.717) is 11.6 Å². The van der Waals surface area contributed by atoms with Gasteiger partial charge in [0.25, 0.3) is 0 Å². The van der Waals surface area contributed by atoms with E-state index in [4.69, 9.17) is 5.14 Å². The van der Waals surface area contributed by atoms with Crippen molar-refractivity contribution in [2.45, 2.75) is 16.3 Å².